The van der Waals surface area contributed by atoms with Crippen LogP contribution in [0.25, 0.3) is 0 Å². The summed E-state index contributed by atoms with van der Waals surface area (Å²) in [6.45, 7) is 2.45. The standard InChI is InChI=1S/C14H18N2O4S/c1-2-20-14(19)12-8-21-6-5-16(12)13(18)10-7-9(17)3-4-11(10)15/h3-4,7,12,17H,2,5-6,8,15H2,1H3. The lowest BCUT2D eigenvalue weighted by Gasteiger charge is -2.33. The summed E-state index contributed by atoms with van der Waals surface area (Å²) in [7, 11) is 0. The van der Waals surface area contributed by atoms with Crippen LogP contribution in [-0.2, 0) is 9.53 Å². The number of hydrogen-bond acceptors (Lipinski definition) is 6. The quantitative estimate of drug-likeness (QED) is 0.493. The van der Waals surface area contributed by atoms with Gasteiger partial charge < -0.3 is 20.5 Å². The number of phenolic OH excluding ortho intramolecular Hbond substituents is 1. The SMILES string of the molecule is CCOC(=O)C1CSCCN1C(=O)c1cc(O)ccc1N. The number of rotatable bonds is 3. The molecule has 1 fully saturated rings. The Labute approximate surface area is 127 Å². The Morgan fingerprint density at radius 1 is 1.52 bits per heavy atom. The van der Waals surface area contributed by atoms with Crippen molar-refractivity contribution in [3.8, 4) is 5.75 Å². The average Bonchev–Trinajstić information content (AvgIpc) is 2.49. The van der Waals surface area contributed by atoms with E-state index in [9.17, 15) is 14.7 Å². The van der Waals surface area contributed by atoms with Crippen molar-refractivity contribution in [3.63, 3.8) is 0 Å². The number of carbonyl (C=O) groups excluding carboxylic acids is 2. The van der Waals surface area contributed by atoms with Crippen molar-refractivity contribution in [2.24, 2.45) is 0 Å². The van der Waals surface area contributed by atoms with Gasteiger partial charge in [0.25, 0.3) is 5.91 Å². The van der Waals surface area contributed by atoms with Crippen LogP contribution in [0.1, 0.15) is 17.3 Å². The van der Waals surface area contributed by atoms with Gasteiger partial charge in [-0.05, 0) is 25.1 Å². The molecule has 1 amide bonds. The topological polar surface area (TPSA) is 92.9 Å². The highest BCUT2D eigenvalue weighted by atomic mass is 32.2. The fourth-order valence-corrected chi connectivity index (χ4v) is 3.20. The van der Waals surface area contributed by atoms with Gasteiger partial charge in [0.1, 0.15) is 11.8 Å². The molecule has 114 valence electrons. The summed E-state index contributed by atoms with van der Waals surface area (Å²) >= 11 is 1.61. The number of amides is 1. The van der Waals surface area contributed by atoms with Crippen LogP contribution < -0.4 is 5.73 Å². The first kappa shape index (κ1) is 15.5. The van der Waals surface area contributed by atoms with Gasteiger partial charge in [-0.3, -0.25) is 4.79 Å². The minimum atomic E-state index is -0.613. The van der Waals surface area contributed by atoms with Crippen molar-refractivity contribution in [3.05, 3.63) is 23.8 Å². The van der Waals surface area contributed by atoms with Gasteiger partial charge in [0.2, 0.25) is 0 Å². The van der Waals surface area contributed by atoms with E-state index in [0.29, 0.717) is 12.3 Å². The second kappa shape index (κ2) is 6.71. The van der Waals surface area contributed by atoms with Gasteiger partial charge >= 0.3 is 5.97 Å². The van der Waals surface area contributed by atoms with E-state index in [1.54, 1.807) is 18.7 Å². The lowest BCUT2D eigenvalue weighted by molar-refractivity contribution is -0.147. The van der Waals surface area contributed by atoms with Crippen LogP contribution in [0, 0.1) is 0 Å². The highest BCUT2D eigenvalue weighted by Gasteiger charge is 2.34. The molecule has 21 heavy (non-hydrogen) atoms. The van der Waals surface area contributed by atoms with Crippen molar-refractivity contribution in [1.29, 1.82) is 0 Å². The Bertz CT molecular complexity index is 550. The van der Waals surface area contributed by atoms with Crippen LogP contribution in [0.4, 0.5) is 5.69 Å². The molecule has 1 aromatic carbocycles. The number of nitrogens with zero attached hydrogens (tertiary/aromatic N) is 1. The van der Waals surface area contributed by atoms with Crippen LogP contribution in [0.3, 0.4) is 0 Å². The molecule has 1 unspecified atom stereocenters. The molecule has 0 aliphatic carbocycles. The van der Waals surface area contributed by atoms with Crippen molar-refractivity contribution in [1.82, 2.24) is 4.90 Å². The van der Waals surface area contributed by atoms with Crippen molar-refractivity contribution >= 4 is 29.3 Å². The zero-order valence-electron chi connectivity index (χ0n) is 11.7. The smallest absolute Gasteiger partial charge is 0.329 e. The van der Waals surface area contributed by atoms with Crippen molar-refractivity contribution < 1.29 is 19.4 Å². The van der Waals surface area contributed by atoms with E-state index in [1.165, 1.54) is 23.1 Å². The summed E-state index contributed by atoms with van der Waals surface area (Å²) < 4.78 is 5.02. The second-order valence-corrected chi connectivity index (χ2v) is 5.76. The van der Waals surface area contributed by atoms with E-state index in [1.807, 2.05) is 0 Å². The maximum Gasteiger partial charge on any atom is 0.329 e. The molecule has 2 rings (SSSR count). The lowest BCUT2D eigenvalue weighted by atomic mass is 10.1. The van der Waals surface area contributed by atoms with E-state index < -0.39 is 12.0 Å². The Balaban J connectivity index is 2.26. The summed E-state index contributed by atoms with van der Waals surface area (Å²) in [6.07, 6.45) is 0. The molecule has 0 aromatic heterocycles. The highest BCUT2D eigenvalue weighted by molar-refractivity contribution is 7.99. The number of thioether (sulfide) groups is 1. The minimum absolute atomic E-state index is 0.0355. The number of ether oxygens (including phenoxy) is 1. The molecular weight excluding hydrogens is 292 g/mol. The number of anilines is 1. The Morgan fingerprint density at radius 2 is 2.29 bits per heavy atom. The van der Waals surface area contributed by atoms with Gasteiger partial charge in [0.15, 0.2) is 0 Å². The zero-order chi connectivity index (χ0) is 15.4. The number of nitrogen functional groups attached to an aromatic ring is 1. The number of benzene rings is 1. The van der Waals surface area contributed by atoms with Gasteiger partial charge in [-0.15, -0.1) is 0 Å². The van der Waals surface area contributed by atoms with E-state index in [2.05, 4.69) is 0 Å². The first-order valence-corrected chi connectivity index (χ1v) is 7.84. The molecule has 1 atom stereocenters. The Morgan fingerprint density at radius 3 is 3.00 bits per heavy atom. The van der Waals surface area contributed by atoms with Gasteiger partial charge in [0, 0.05) is 23.7 Å². The first-order valence-electron chi connectivity index (χ1n) is 6.68. The predicted molar refractivity (Wildman–Crippen MR) is 81.3 cm³/mol. The Kier molecular flexibility index (Phi) is 4.95. The summed E-state index contributed by atoms with van der Waals surface area (Å²) in [5, 5.41) is 9.52. The highest BCUT2D eigenvalue weighted by Crippen LogP contribution is 2.24. The third-order valence-corrected chi connectivity index (χ3v) is 4.24. The molecule has 3 N–H and O–H groups in total. The number of esters is 1. The molecule has 0 radical (unpaired) electrons. The summed E-state index contributed by atoms with van der Waals surface area (Å²) in [4.78, 5) is 26.1. The molecule has 1 aromatic rings. The lowest BCUT2D eigenvalue weighted by Crippen LogP contribution is -2.51. The summed E-state index contributed by atoms with van der Waals surface area (Å²) in [6, 6.07) is 3.60. The molecule has 1 aliphatic heterocycles. The third-order valence-electron chi connectivity index (χ3n) is 3.22. The number of phenols is 1. The van der Waals surface area contributed by atoms with Crippen LogP contribution in [0.5, 0.6) is 5.75 Å². The molecule has 0 spiro atoms. The molecule has 1 aliphatic rings. The second-order valence-electron chi connectivity index (χ2n) is 4.61. The monoisotopic (exact) mass is 310 g/mol. The normalized spacial score (nSPS) is 18.3. The zero-order valence-corrected chi connectivity index (χ0v) is 12.6. The van der Waals surface area contributed by atoms with Crippen LogP contribution >= 0.6 is 11.8 Å². The minimum Gasteiger partial charge on any atom is -0.508 e. The van der Waals surface area contributed by atoms with Crippen LogP contribution in [-0.4, -0.2) is 52.6 Å². The van der Waals surface area contributed by atoms with E-state index >= 15 is 0 Å². The maximum absolute atomic E-state index is 12.6. The molecular formula is C14H18N2O4S. The summed E-state index contributed by atoms with van der Waals surface area (Å²) in [5.41, 5.74) is 6.28. The number of aromatic hydroxyl groups is 1. The van der Waals surface area contributed by atoms with Crippen molar-refractivity contribution in [2.45, 2.75) is 13.0 Å². The Hall–Kier alpha value is -1.89. The van der Waals surface area contributed by atoms with Crippen molar-refractivity contribution in [2.75, 3.05) is 30.4 Å². The van der Waals surface area contributed by atoms with Crippen LogP contribution in [0.15, 0.2) is 18.2 Å². The molecule has 0 saturated carbocycles. The molecule has 6 nitrogen and oxygen atoms in total. The maximum atomic E-state index is 12.6. The number of carbonyl (C=O) groups is 2. The molecule has 1 saturated heterocycles. The van der Waals surface area contributed by atoms with Gasteiger partial charge in [0.05, 0.1) is 12.2 Å². The fraction of sp³-hybridized carbons (Fsp3) is 0.429. The largest absolute Gasteiger partial charge is 0.508 e. The van der Waals surface area contributed by atoms with Gasteiger partial charge in [-0.2, -0.15) is 11.8 Å². The van der Waals surface area contributed by atoms with E-state index in [0.717, 1.165) is 5.75 Å². The fourth-order valence-electron chi connectivity index (χ4n) is 2.16. The predicted octanol–water partition coefficient (Wildman–Crippen LogP) is 1.10. The third kappa shape index (κ3) is 3.41. The average molecular weight is 310 g/mol. The first-order chi connectivity index (χ1) is 10.0. The van der Waals surface area contributed by atoms with Crippen LogP contribution in [0.2, 0.25) is 0 Å². The summed E-state index contributed by atoms with van der Waals surface area (Å²) in [5.74, 6) is 0.453. The number of hydrogen-bond donors (Lipinski definition) is 2. The molecule has 1 heterocycles. The number of nitrogens with two attached hydrogens (primary N) is 1. The molecule has 0 bridgehead atoms. The van der Waals surface area contributed by atoms with Gasteiger partial charge in [-0.1, -0.05) is 0 Å². The van der Waals surface area contributed by atoms with E-state index in [-0.39, 0.29) is 29.5 Å². The van der Waals surface area contributed by atoms with E-state index in [4.69, 9.17) is 10.5 Å². The molecule has 7 heteroatoms. The van der Waals surface area contributed by atoms with Gasteiger partial charge in [-0.25, -0.2) is 4.79 Å².